The van der Waals surface area contributed by atoms with E-state index in [1.54, 1.807) is 5.57 Å². The van der Waals surface area contributed by atoms with E-state index in [2.05, 4.69) is 30.4 Å². The fourth-order valence-electron chi connectivity index (χ4n) is 2.45. The largest absolute Gasteiger partial charge is 0.384 e. The molecular weight excluding hydrogens is 182 g/mol. The van der Waals surface area contributed by atoms with Gasteiger partial charge < -0.3 is 5.32 Å². The molecule has 1 aliphatic carbocycles. The summed E-state index contributed by atoms with van der Waals surface area (Å²) in [4.78, 5) is 0. The van der Waals surface area contributed by atoms with E-state index in [4.69, 9.17) is 0 Å². The Morgan fingerprint density at radius 3 is 2.73 bits per heavy atom. The van der Waals surface area contributed by atoms with Gasteiger partial charge in [0.25, 0.3) is 0 Å². The zero-order valence-electron chi connectivity index (χ0n) is 9.27. The molecule has 0 radical (unpaired) electrons. The predicted molar refractivity (Wildman–Crippen MR) is 62.6 cm³/mol. The van der Waals surface area contributed by atoms with Gasteiger partial charge in [0.05, 0.1) is 0 Å². The molecule has 1 fully saturated rings. The average Bonchev–Trinajstić information content (AvgIpc) is 2.14. The Hall–Kier alpha value is -1.24. The minimum absolute atomic E-state index is 1.02. The molecule has 1 saturated carbocycles. The molecule has 1 aromatic carbocycles. The molecule has 1 nitrogen and oxygen atoms in total. The third-order valence-electron chi connectivity index (χ3n) is 3.61. The quantitative estimate of drug-likeness (QED) is 0.677. The highest BCUT2D eigenvalue weighted by atomic mass is 14.9. The van der Waals surface area contributed by atoms with E-state index >= 15 is 0 Å². The summed E-state index contributed by atoms with van der Waals surface area (Å²) in [6, 6.07) is 6.82. The van der Waals surface area contributed by atoms with Crippen LogP contribution in [-0.4, -0.2) is 0 Å². The Bertz CT molecular complexity index is 423. The minimum Gasteiger partial charge on any atom is -0.384 e. The Labute approximate surface area is 91.2 Å². The second-order valence-corrected chi connectivity index (χ2v) is 4.74. The summed E-state index contributed by atoms with van der Waals surface area (Å²) in [6.45, 7) is 3.20. The number of hydrogen-bond donors (Lipinski definition) is 1. The second kappa shape index (κ2) is 3.41. The lowest BCUT2D eigenvalue weighted by Gasteiger charge is -2.28. The summed E-state index contributed by atoms with van der Waals surface area (Å²) >= 11 is 0. The van der Waals surface area contributed by atoms with Crippen molar-refractivity contribution in [1.29, 1.82) is 0 Å². The van der Waals surface area contributed by atoms with Crippen LogP contribution >= 0.6 is 0 Å². The number of fused-ring (bicyclic) bond motifs is 1. The van der Waals surface area contributed by atoms with E-state index < -0.39 is 0 Å². The molecule has 1 heteroatoms. The van der Waals surface area contributed by atoms with Crippen molar-refractivity contribution in [1.82, 2.24) is 5.32 Å². The number of aryl methyl sites for hydroxylation is 1. The third-order valence-corrected chi connectivity index (χ3v) is 3.61. The van der Waals surface area contributed by atoms with Crippen LogP contribution in [0.5, 0.6) is 0 Å². The van der Waals surface area contributed by atoms with E-state index in [0.717, 1.165) is 13.0 Å². The maximum Gasteiger partial charge on any atom is 0.0400 e. The SMILES string of the molecule is Cc1ccc2c(c1)CC(=C1CCC1)NC2. The Morgan fingerprint density at radius 2 is 2.00 bits per heavy atom. The zero-order chi connectivity index (χ0) is 10.3. The average molecular weight is 199 g/mol. The summed E-state index contributed by atoms with van der Waals surface area (Å²) in [6.07, 6.45) is 5.17. The van der Waals surface area contributed by atoms with Crippen LogP contribution in [0.3, 0.4) is 0 Å². The molecule has 0 unspecified atom stereocenters. The Morgan fingerprint density at radius 1 is 1.13 bits per heavy atom. The number of allylic oxidation sites excluding steroid dienone is 2. The lowest BCUT2D eigenvalue weighted by atomic mass is 9.86. The van der Waals surface area contributed by atoms with Crippen molar-refractivity contribution in [3.8, 4) is 0 Å². The monoisotopic (exact) mass is 199 g/mol. The van der Waals surface area contributed by atoms with Crippen LogP contribution in [0.1, 0.15) is 36.0 Å². The standard InChI is InChI=1S/C14H17N/c1-10-5-6-12-9-15-14(8-13(12)7-10)11-3-2-4-11/h5-7,15H,2-4,8-9H2,1H3. The molecule has 0 bridgehead atoms. The molecule has 0 atom stereocenters. The number of rotatable bonds is 0. The first-order chi connectivity index (χ1) is 7.33. The van der Waals surface area contributed by atoms with Crippen molar-refractivity contribution in [2.75, 3.05) is 0 Å². The predicted octanol–water partition coefficient (Wildman–Crippen LogP) is 3.08. The summed E-state index contributed by atoms with van der Waals surface area (Å²) in [5.74, 6) is 0. The first kappa shape index (κ1) is 9.02. The van der Waals surface area contributed by atoms with Gasteiger partial charge in [0, 0.05) is 18.7 Å². The van der Waals surface area contributed by atoms with Crippen LogP contribution < -0.4 is 5.32 Å². The van der Waals surface area contributed by atoms with Crippen molar-refractivity contribution in [2.24, 2.45) is 0 Å². The molecular formula is C14H17N. The van der Waals surface area contributed by atoms with E-state index in [-0.39, 0.29) is 0 Å². The lowest BCUT2D eigenvalue weighted by molar-refractivity contribution is 0.607. The molecule has 1 aliphatic heterocycles. The third kappa shape index (κ3) is 1.56. The summed E-state index contributed by atoms with van der Waals surface area (Å²) in [5, 5.41) is 3.58. The smallest absolute Gasteiger partial charge is 0.0400 e. The molecule has 15 heavy (non-hydrogen) atoms. The molecule has 0 saturated heterocycles. The van der Waals surface area contributed by atoms with Crippen LogP contribution in [0, 0.1) is 6.92 Å². The molecule has 0 spiro atoms. The molecule has 1 aromatic rings. The Kier molecular flexibility index (Phi) is 2.05. The summed E-state index contributed by atoms with van der Waals surface area (Å²) in [7, 11) is 0. The highest BCUT2D eigenvalue weighted by molar-refractivity contribution is 5.39. The van der Waals surface area contributed by atoms with Crippen LogP contribution in [0.25, 0.3) is 0 Å². The first-order valence-electron chi connectivity index (χ1n) is 5.86. The highest BCUT2D eigenvalue weighted by Crippen LogP contribution is 2.31. The van der Waals surface area contributed by atoms with Gasteiger partial charge in [0.1, 0.15) is 0 Å². The fourth-order valence-corrected chi connectivity index (χ4v) is 2.45. The topological polar surface area (TPSA) is 12.0 Å². The second-order valence-electron chi connectivity index (χ2n) is 4.74. The van der Waals surface area contributed by atoms with Crippen molar-refractivity contribution in [2.45, 2.75) is 39.2 Å². The van der Waals surface area contributed by atoms with Gasteiger partial charge in [-0.1, -0.05) is 29.3 Å². The van der Waals surface area contributed by atoms with Gasteiger partial charge in [-0.3, -0.25) is 0 Å². The molecule has 1 heterocycles. The van der Waals surface area contributed by atoms with E-state index in [1.165, 1.54) is 41.6 Å². The van der Waals surface area contributed by atoms with E-state index in [0.29, 0.717) is 0 Å². The van der Waals surface area contributed by atoms with Crippen LogP contribution in [0.15, 0.2) is 29.5 Å². The minimum atomic E-state index is 1.02. The van der Waals surface area contributed by atoms with Crippen LogP contribution in [0.2, 0.25) is 0 Å². The number of hydrogen-bond acceptors (Lipinski definition) is 1. The molecule has 1 N–H and O–H groups in total. The van der Waals surface area contributed by atoms with Gasteiger partial charge in [-0.05, 0) is 37.3 Å². The van der Waals surface area contributed by atoms with Gasteiger partial charge in [0.15, 0.2) is 0 Å². The van der Waals surface area contributed by atoms with Crippen LogP contribution in [-0.2, 0) is 13.0 Å². The highest BCUT2D eigenvalue weighted by Gasteiger charge is 2.19. The Balaban J connectivity index is 1.94. The van der Waals surface area contributed by atoms with Crippen molar-refractivity contribution in [3.63, 3.8) is 0 Å². The normalized spacial score (nSPS) is 19.3. The maximum absolute atomic E-state index is 3.58. The first-order valence-corrected chi connectivity index (χ1v) is 5.86. The van der Waals surface area contributed by atoms with Gasteiger partial charge in [-0.15, -0.1) is 0 Å². The molecule has 3 rings (SSSR count). The van der Waals surface area contributed by atoms with Gasteiger partial charge in [-0.25, -0.2) is 0 Å². The molecule has 0 amide bonds. The maximum atomic E-state index is 3.58. The summed E-state index contributed by atoms with van der Waals surface area (Å²) in [5.41, 5.74) is 7.57. The van der Waals surface area contributed by atoms with Crippen molar-refractivity contribution < 1.29 is 0 Å². The molecule has 0 aromatic heterocycles. The van der Waals surface area contributed by atoms with E-state index in [9.17, 15) is 0 Å². The molecule has 2 aliphatic rings. The molecule has 78 valence electrons. The van der Waals surface area contributed by atoms with Crippen molar-refractivity contribution >= 4 is 0 Å². The zero-order valence-corrected chi connectivity index (χ0v) is 9.27. The van der Waals surface area contributed by atoms with Crippen molar-refractivity contribution in [3.05, 3.63) is 46.2 Å². The van der Waals surface area contributed by atoms with Gasteiger partial charge in [-0.2, -0.15) is 0 Å². The fraction of sp³-hybridized carbons (Fsp3) is 0.429. The van der Waals surface area contributed by atoms with E-state index in [1.807, 2.05) is 0 Å². The lowest BCUT2D eigenvalue weighted by Crippen LogP contribution is -2.25. The summed E-state index contributed by atoms with van der Waals surface area (Å²) < 4.78 is 0. The number of benzene rings is 1. The van der Waals surface area contributed by atoms with Gasteiger partial charge >= 0.3 is 0 Å². The number of nitrogens with one attached hydrogen (secondary N) is 1. The van der Waals surface area contributed by atoms with Gasteiger partial charge in [0.2, 0.25) is 0 Å². The van der Waals surface area contributed by atoms with Crippen LogP contribution in [0.4, 0.5) is 0 Å².